The van der Waals surface area contributed by atoms with Gasteiger partial charge in [-0.1, -0.05) is 32.4 Å². The molecule has 19 heavy (non-hydrogen) atoms. The van der Waals surface area contributed by atoms with E-state index in [1.165, 1.54) is 13.2 Å². The van der Waals surface area contributed by atoms with E-state index in [0.717, 1.165) is 6.07 Å². The number of ether oxygens (including phenoxy) is 1. The van der Waals surface area contributed by atoms with Crippen LogP contribution in [0.5, 0.6) is 0 Å². The topological polar surface area (TPSA) is 21.3 Å². The lowest BCUT2D eigenvalue weighted by atomic mass is 10.2. The van der Waals surface area contributed by atoms with Gasteiger partial charge in [0.2, 0.25) is 0 Å². The first-order chi connectivity index (χ1) is 8.46. The molecule has 0 aliphatic rings. The lowest BCUT2D eigenvalue weighted by Gasteiger charge is -2.40. The van der Waals surface area contributed by atoms with E-state index in [1.54, 1.807) is 0 Å². The minimum Gasteiger partial charge on any atom is -0.383 e. The summed E-state index contributed by atoms with van der Waals surface area (Å²) in [6.07, 6.45) is 0.592. The number of anilines is 1. The second-order valence-corrected chi connectivity index (χ2v) is 6.61. The molecule has 2 nitrogen and oxygen atoms in total. The Morgan fingerprint density at radius 3 is 2.32 bits per heavy atom. The van der Waals surface area contributed by atoms with Gasteiger partial charge in [-0.3, -0.25) is 0 Å². The van der Waals surface area contributed by atoms with Crippen LogP contribution in [-0.2, 0) is 4.74 Å². The molecule has 0 aliphatic heterocycles. The van der Waals surface area contributed by atoms with Crippen LogP contribution in [0.15, 0.2) is 29.2 Å². The Morgan fingerprint density at radius 1 is 1.21 bits per heavy atom. The van der Waals surface area contributed by atoms with E-state index in [4.69, 9.17) is 4.74 Å². The predicted molar refractivity (Wildman–Crippen MR) is 67.4 cm³/mol. The molecule has 0 saturated carbocycles. The second-order valence-electron chi connectivity index (χ2n) is 4.20. The maximum Gasteiger partial charge on any atom is 0.310 e. The highest BCUT2D eigenvalue weighted by atomic mass is 32.5. The van der Waals surface area contributed by atoms with Crippen molar-refractivity contribution in [1.82, 2.24) is 0 Å². The van der Waals surface area contributed by atoms with Crippen molar-refractivity contribution >= 4 is 15.9 Å². The van der Waals surface area contributed by atoms with Crippen molar-refractivity contribution in [1.29, 1.82) is 0 Å². The first-order valence-corrected chi connectivity index (χ1v) is 7.51. The summed E-state index contributed by atoms with van der Waals surface area (Å²) in [5, 5.41) is 2.74. The molecule has 0 radical (unpaired) electrons. The molecular formula is C11H16F5NOS. The summed E-state index contributed by atoms with van der Waals surface area (Å²) in [7, 11) is -8.17. The van der Waals surface area contributed by atoms with Crippen molar-refractivity contribution in [3.63, 3.8) is 0 Å². The summed E-state index contributed by atoms with van der Waals surface area (Å²) >= 11 is 0. The molecule has 0 amide bonds. The van der Waals surface area contributed by atoms with Gasteiger partial charge >= 0.3 is 10.2 Å². The highest BCUT2D eigenvalue weighted by Gasteiger charge is 2.65. The van der Waals surface area contributed by atoms with Crippen LogP contribution in [0.2, 0.25) is 0 Å². The zero-order valence-electron chi connectivity index (χ0n) is 10.5. The third kappa shape index (κ3) is 4.87. The summed E-state index contributed by atoms with van der Waals surface area (Å²) in [6, 6.07) is 2.84. The first-order valence-electron chi connectivity index (χ1n) is 5.56. The number of rotatable bonds is 6. The monoisotopic (exact) mass is 305 g/mol. The number of hydrogen-bond acceptors (Lipinski definition) is 2. The quantitative estimate of drug-likeness (QED) is 0.731. The van der Waals surface area contributed by atoms with Crippen molar-refractivity contribution in [3.8, 4) is 0 Å². The number of methoxy groups -OCH3 is 1. The van der Waals surface area contributed by atoms with Crippen molar-refractivity contribution in [2.24, 2.45) is 0 Å². The molecule has 1 N–H and O–H groups in total. The lowest BCUT2D eigenvalue weighted by molar-refractivity contribution is 0.184. The molecule has 112 valence electrons. The van der Waals surface area contributed by atoms with Gasteiger partial charge in [-0.25, -0.2) is 0 Å². The molecule has 1 aromatic carbocycles. The fraction of sp³-hybridized carbons (Fsp3) is 0.455. The summed E-state index contributed by atoms with van der Waals surface area (Å²) in [6.45, 7) is 2.09. The third-order valence-corrected chi connectivity index (χ3v) is 3.66. The highest BCUT2D eigenvalue weighted by Crippen LogP contribution is 3.02. The van der Waals surface area contributed by atoms with E-state index in [-0.39, 0.29) is 18.3 Å². The molecule has 0 bridgehead atoms. The smallest absolute Gasteiger partial charge is 0.310 e. The Balaban J connectivity index is 3.03. The molecule has 0 aromatic heterocycles. The minimum atomic E-state index is -9.62. The van der Waals surface area contributed by atoms with Crippen LogP contribution >= 0.6 is 10.2 Å². The van der Waals surface area contributed by atoms with E-state index in [2.05, 4.69) is 5.32 Å². The molecule has 0 spiro atoms. The van der Waals surface area contributed by atoms with Gasteiger partial charge in [0.05, 0.1) is 6.61 Å². The van der Waals surface area contributed by atoms with Gasteiger partial charge < -0.3 is 10.1 Å². The third-order valence-electron chi connectivity index (χ3n) is 2.51. The maximum atomic E-state index is 12.6. The van der Waals surface area contributed by atoms with Crippen LogP contribution in [0.4, 0.5) is 25.1 Å². The fourth-order valence-corrected chi connectivity index (χ4v) is 2.21. The summed E-state index contributed by atoms with van der Waals surface area (Å²) in [5.41, 5.74) is -0.00495. The molecule has 0 heterocycles. The summed E-state index contributed by atoms with van der Waals surface area (Å²) < 4.78 is 68.1. The molecule has 0 aliphatic carbocycles. The van der Waals surface area contributed by atoms with Crippen molar-refractivity contribution in [2.45, 2.75) is 24.3 Å². The average Bonchev–Trinajstić information content (AvgIpc) is 2.26. The van der Waals surface area contributed by atoms with Crippen LogP contribution in [0.3, 0.4) is 0 Å². The molecule has 1 unspecified atom stereocenters. The molecular weight excluding hydrogens is 289 g/mol. The Bertz CT molecular complexity index is 447. The average molecular weight is 305 g/mol. The molecule has 1 aromatic rings. The van der Waals surface area contributed by atoms with Crippen LogP contribution in [0, 0.1) is 0 Å². The number of hydrogen-bond donors (Lipinski definition) is 1. The Hall–Kier alpha value is -1.02. The van der Waals surface area contributed by atoms with Crippen LogP contribution in [-0.4, -0.2) is 19.8 Å². The first kappa shape index (κ1) is 16.0. The van der Waals surface area contributed by atoms with Crippen LogP contribution < -0.4 is 5.32 Å². The largest absolute Gasteiger partial charge is 0.383 e. The van der Waals surface area contributed by atoms with Gasteiger partial charge in [0.25, 0.3) is 0 Å². The zero-order valence-corrected chi connectivity index (χ0v) is 11.3. The number of nitrogens with one attached hydrogen (secondary N) is 1. The Morgan fingerprint density at radius 2 is 1.84 bits per heavy atom. The van der Waals surface area contributed by atoms with Crippen LogP contribution in [0.25, 0.3) is 0 Å². The van der Waals surface area contributed by atoms with Crippen LogP contribution in [0.1, 0.15) is 13.3 Å². The molecule has 1 rings (SSSR count). The van der Waals surface area contributed by atoms with Gasteiger partial charge in [-0.05, 0) is 24.6 Å². The SMILES string of the molecule is CCC(COC)Nc1cccc(S(F)(F)(F)(F)F)c1. The molecule has 8 heteroatoms. The van der Waals surface area contributed by atoms with E-state index in [9.17, 15) is 19.4 Å². The predicted octanol–water partition coefficient (Wildman–Crippen LogP) is 5.18. The normalized spacial score (nSPS) is 17.4. The number of benzene rings is 1. The molecule has 0 saturated heterocycles. The second kappa shape index (κ2) is 4.52. The maximum absolute atomic E-state index is 12.6. The van der Waals surface area contributed by atoms with E-state index in [0.29, 0.717) is 18.6 Å². The summed E-state index contributed by atoms with van der Waals surface area (Å²) in [5.74, 6) is 0. The van der Waals surface area contributed by atoms with Crippen molar-refractivity contribution in [2.75, 3.05) is 19.0 Å². The zero-order chi connectivity index (χ0) is 14.8. The van der Waals surface area contributed by atoms with Crippen molar-refractivity contribution < 1.29 is 24.2 Å². The molecule has 1 atom stereocenters. The lowest BCUT2D eigenvalue weighted by Crippen LogP contribution is -2.24. The Labute approximate surface area is 108 Å². The van der Waals surface area contributed by atoms with Gasteiger partial charge in [-0.2, -0.15) is 0 Å². The standard InChI is InChI=1S/C11H16F5NOS/c1-3-9(8-18-2)17-10-5-4-6-11(7-10)19(12,13,14,15)16/h4-7,9,17H,3,8H2,1-2H3. The number of halogens is 5. The summed E-state index contributed by atoms with van der Waals surface area (Å²) in [4.78, 5) is -1.89. The van der Waals surface area contributed by atoms with Crippen molar-refractivity contribution in [3.05, 3.63) is 24.3 Å². The Kier molecular flexibility index (Phi) is 3.81. The van der Waals surface area contributed by atoms with Gasteiger partial charge in [-0.15, -0.1) is 0 Å². The fourth-order valence-electron chi connectivity index (χ4n) is 1.52. The van der Waals surface area contributed by atoms with E-state index < -0.39 is 15.1 Å². The minimum absolute atomic E-state index is 0.00495. The van der Waals surface area contributed by atoms with Gasteiger partial charge in [0.15, 0.2) is 0 Å². The van der Waals surface area contributed by atoms with Gasteiger partial charge in [0.1, 0.15) is 4.90 Å². The van der Waals surface area contributed by atoms with Gasteiger partial charge in [0, 0.05) is 18.8 Å². The molecule has 0 fully saturated rings. The van der Waals surface area contributed by atoms with E-state index >= 15 is 0 Å². The highest BCUT2D eigenvalue weighted by molar-refractivity contribution is 8.45. The van der Waals surface area contributed by atoms with E-state index in [1.807, 2.05) is 6.92 Å².